The van der Waals surface area contributed by atoms with Gasteiger partial charge in [0.25, 0.3) is 0 Å². The number of allylic oxidation sites excluding steroid dienone is 1. The third-order valence-corrected chi connectivity index (χ3v) is 0.192. The van der Waals surface area contributed by atoms with E-state index in [1.54, 1.807) is 6.08 Å². The first-order valence-electron chi connectivity index (χ1n) is 2.27. The molecule has 0 aromatic rings. The van der Waals surface area contributed by atoms with E-state index in [4.69, 9.17) is 5.26 Å². The smallest absolute Gasteiger partial charge is 0.0998 e. The van der Waals surface area contributed by atoms with E-state index >= 15 is 0 Å². The van der Waals surface area contributed by atoms with E-state index in [1.807, 2.05) is 6.92 Å². The quantitative estimate of drug-likeness (QED) is 0.339. The first-order valence-corrected chi connectivity index (χ1v) is 2.27. The highest BCUT2D eigenvalue weighted by Crippen LogP contribution is 1.60. The molecule has 0 rings (SSSR count). The van der Waals surface area contributed by atoms with E-state index in [1.165, 1.54) is 6.08 Å². The topological polar surface area (TPSA) is 29.5 Å². The van der Waals surface area contributed by atoms with E-state index in [0.29, 0.717) is 0 Å². The molecular weight excluding hydrogens is 104 g/mol. The lowest BCUT2D eigenvalue weighted by molar-refractivity contribution is -0.231. The van der Waals surface area contributed by atoms with Gasteiger partial charge in [-0.05, 0) is 6.92 Å². The summed E-state index contributed by atoms with van der Waals surface area (Å²) in [5.41, 5.74) is 0. The molecule has 1 N–H and O–H groups in total. The molecule has 0 atom stereocenters. The predicted molar refractivity (Wildman–Crippen MR) is 34.6 cm³/mol. The maximum absolute atomic E-state index is 7.50. The zero-order valence-corrected chi connectivity index (χ0v) is 5.13. The third-order valence-electron chi connectivity index (χ3n) is 0.192. The Labute approximate surface area is 50.0 Å². The highest BCUT2D eigenvalue weighted by atomic mass is 17.1. The molecule has 0 aromatic carbocycles. The van der Waals surface area contributed by atoms with Crippen molar-refractivity contribution < 1.29 is 10.1 Å². The van der Waals surface area contributed by atoms with E-state index in [-0.39, 0.29) is 6.61 Å². The molecule has 0 spiro atoms. The molecule has 0 unspecified atom stereocenters. The van der Waals surface area contributed by atoms with Gasteiger partial charge >= 0.3 is 0 Å². The van der Waals surface area contributed by atoms with Crippen LogP contribution in [0.15, 0.2) is 25.3 Å². The minimum Gasteiger partial charge on any atom is -0.252 e. The molecule has 0 heterocycles. The van der Waals surface area contributed by atoms with Gasteiger partial charge in [-0.1, -0.05) is 12.2 Å². The molecule has 0 bridgehead atoms. The van der Waals surface area contributed by atoms with Crippen molar-refractivity contribution in [1.82, 2.24) is 0 Å². The first-order chi connectivity index (χ1) is 3.83. The van der Waals surface area contributed by atoms with E-state index in [9.17, 15) is 0 Å². The van der Waals surface area contributed by atoms with Crippen LogP contribution < -0.4 is 0 Å². The molecule has 0 aliphatic heterocycles. The Bertz CT molecular complexity index is 50.5. The monoisotopic (exact) mass is 116 g/mol. The highest BCUT2D eigenvalue weighted by Gasteiger charge is 1.60. The van der Waals surface area contributed by atoms with Crippen molar-refractivity contribution in [3.8, 4) is 0 Å². The maximum atomic E-state index is 7.50. The van der Waals surface area contributed by atoms with Gasteiger partial charge in [-0.15, -0.1) is 13.2 Å². The summed E-state index contributed by atoms with van der Waals surface area (Å²) in [7, 11) is 0. The second-order valence-electron chi connectivity index (χ2n) is 0.993. The molecule has 8 heavy (non-hydrogen) atoms. The Kier molecular flexibility index (Phi) is 21.0. The highest BCUT2D eigenvalue weighted by molar-refractivity contribution is 4.61. The van der Waals surface area contributed by atoms with Crippen LogP contribution in [0.3, 0.4) is 0 Å². The Balaban J connectivity index is 0. The Morgan fingerprint density at radius 2 is 2.00 bits per heavy atom. The largest absolute Gasteiger partial charge is 0.252 e. The van der Waals surface area contributed by atoms with Gasteiger partial charge in [0.05, 0.1) is 6.61 Å². The van der Waals surface area contributed by atoms with Gasteiger partial charge in [-0.3, -0.25) is 5.26 Å². The van der Waals surface area contributed by atoms with Crippen LogP contribution >= 0.6 is 0 Å². The number of hydrogen-bond donors (Lipinski definition) is 1. The van der Waals surface area contributed by atoms with Gasteiger partial charge in [-0.2, -0.15) is 0 Å². The fourth-order valence-corrected chi connectivity index (χ4v) is 0.0527. The van der Waals surface area contributed by atoms with Crippen molar-refractivity contribution in [3.63, 3.8) is 0 Å². The standard InChI is InChI=1S/C3H6O2.C3H6/c1-2-3-5-4;1-3-2/h2,4H,1,3H2;3H,1H2,2H3. The SMILES string of the molecule is C=CC.C=CCOO. The van der Waals surface area contributed by atoms with Crippen LogP contribution in [0, 0.1) is 0 Å². The van der Waals surface area contributed by atoms with Gasteiger partial charge in [-0.25, -0.2) is 4.89 Å². The Morgan fingerprint density at radius 1 is 1.62 bits per heavy atom. The fourth-order valence-electron chi connectivity index (χ4n) is 0.0527. The minimum atomic E-state index is 0.208. The fraction of sp³-hybridized carbons (Fsp3) is 0.333. The lowest BCUT2D eigenvalue weighted by Gasteiger charge is -1.76. The molecule has 48 valence electrons. The van der Waals surface area contributed by atoms with Crippen molar-refractivity contribution in [3.05, 3.63) is 25.3 Å². The Hall–Kier alpha value is -0.600. The van der Waals surface area contributed by atoms with Crippen LogP contribution in [0.1, 0.15) is 6.92 Å². The lowest BCUT2D eigenvalue weighted by atomic mass is 10.7. The van der Waals surface area contributed by atoms with Gasteiger partial charge in [0, 0.05) is 0 Å². The number of hydrogen-bond acceptors (Lipinski definition) is 2. The predicted octanol–water partition coefficient (Wildman–Crippen LogP) is 1.85. The summed E-state index contributed by atoms with van der Waals surface area (Å²) < 4.78 is 0. The maximum Gasteiger partial charge on any atom is 0.0998 e. The molecule has 0 aliphatic carbocycles. The van der Waals surface area contributed by atoms with Crippen LogP contribution in [-0.2, 0) is 4.89 Å². The summed E-state index contributed by atoms with van der Waals surface area (Å²) in [6.45, 7) is 8.72. The summed E-state index contributed by atoms with van der Waals surface area (Å²) in [6.07, 6.45) is 3.21. The Morgan fingerprint density at radius 3 is 2.00 bits per heavy atom. The van der Waals surface area contributed by atoms with Crippen LogP contribution in [0.5, 0.6) is 0 Å². The molecule has 0 aromatic heterocycles. The van der Waals surface area contributed by atoms with Crippen molar-refractivity contribution in [2.75, 3.05) is 6.61 Å². The van der Waals surface area contributed by atoms with Crippen molar-refractivity contribution in [2.45, 2.75) is 6.92 Å². The van der Waals surface area contributed by atoms with Crippen molar-refractivity contribution >= 4 is 0 Å². The van der Waals surface area contributed by atoms with Crippen LogP contribution in [0.4, 0.5) is 0 Å². The van der Waals surface area contributed by atoms with Crippen molar-refractivity contribution in [2.24, 2.45) is 0 Å². The zero-order valence-electron chi connectivity index (χ0n) is 5.13. The second-order valence-corrected chi connectivity index (χ2v) is 0.993. The normalized spacial score (nSPS) is 6.25. The molecule has 0 amide bonds. The average Bonchev–Trinajstić information content (AvgIpc) is 1.71. The van der Waals surface area contributed by atoms with E-state index in [0.717, 1.165) is 0 Å². The summed E-state index contributed by atoms with van der Waals surface area (Å²) in [4.78, 5) is 3.57. The van der Waals surface area contributed by atoms with Crippen LogP contribution in [0.2, 0.25) is 0 Å². The van der Waals surface area contributed by atoms with Gasteiger partial charge in [0.2, 0.25) is 0 Å². The molecule has 0 radical (unpaired) electrons. The molecule has 0 aliphatic rings. The van der Waals surface area contributed by atoms with E-state index < -0.39 is 0 Å². The molecule has 0 fully saturated rings. The molecule has 0 saturated heterocycles. The molecule has 0 saturated carbocycles. The third kappa shape index (κ3) is 53.3. The average molecular weight is 116 g/mol. The van der Waals surface area contributed by atoms with Crippen LogP contribution in [-0.4, -0.2) is 11.9 Å². The van der Waals surface area contributed by atoms with Gasteiger partial charge in [0.15, 0.2) is 0 Å². The molecule has 2 nitrogen and oxygen atoms in total. The lowest BCUT2D eigenvalue weighted by Crippen LogP contribution is -1.77. The zero-order chi connectivity index (χ0) is 6.83. The summed E-state index contributed by atoms with van der Waals surface area (Å²) >= 11 is 0. The van der Waals surface area contributed by atoms with Crippen molar-refractivity contribution in [1.29, 1.82) is 0 Å². The first kappa shape index (κ1) is 10.4. The summed E-state index contributed by atoms with van der Waals surface area (Å²) in [5, 5.41) is 7.50. The molecular formula is C6H12O2. The van der Waals surface area contributed by atoms with Gasteiger partial charge < -0.3 is 0 Å². The second kappa shape index (κ2) is 16.1. The molecule has 2 heteroatoms. The van der Waals surface area contributed by atoms with Crippen LogP contribution in [0.25, 0.3) is 0 Å². The summed E-state index contributed by atoms with van der Waals surface area (Å²) in [6, 6.07) is 0. The van der Waals surface area contributed by atoms with Gasteiger partial charge in [0.1, 0.15) is 0 Å². The number of rotatable bonds is 2. The summed E-state index contributed by atoms with van der Waals surface area (Å²) in [5.74, 6) is 0. The minimum absolute atomic E-state index is 0.208. The van der Waals surface area contributed by atoms with E-state index in [2.05, 4.69) is 18.0 Å².